The standard InChI is InChI=1S/C18H10F2N2O4/c19-11-7-3-1-5-9(11)13-14(10-6-2-4-8-12(10)20)22-16(18(25)26)15(21-13)17(23)24/h1-8H,(H,23,24)(H,25,26). The molecule has 0 aliphatic rings. The van der Waals surface area contributed by atoms with Gasteiger partial charge in [0.15, 0.2) is 11.4 Å². The Bertz CT molecular complexity index is 955. The highest BCUT2D eigenvalue weighted by Gasteiger charge is 2.26. The first-order valence-electron chi connectivity index (χ1n) is 7.28. The molecule has 0 aliphatic carbocycles. The molecule has 0 radical (unpaired) electrons. The van der Waals surface area contributed by atoms with E-state index in [1.807, 2.05) is 0 Å². The van der Waals surface area contributed by atoms with Gasteiger partial charge in [-0.3, -0.25) is 0 Å². The molecule has 0 fully saturated rings. The molecule has 2 aromatic carbocycles. The monoisotopic (exact) mass is 356 g/mol. The Hall–Kier alpha value is -3.68. The molecular formula is C18H10F2N2O4. The second kappa shape index (κ2) is 6.67. The van der Waals surface area contributed by atoms with Gasteiger partial charge in [0.2, 0.25) is 0 Å². The zero-order chi connectivity index (χ0) is 18.8. The normalized spacial score (nSPS) is 10.5. The van der Waals surface area contributed by atoms with Gasteiger partial charge in [0, 0.05) is 11.1 Å². The number of halogens is 2. The number of carboxylic acids is 2. The number of hydrogen-bond acceptors (Lipinski definition) is 4. The maximum atomic E-state index is 14.2. The van der Waals surface area contributed by atoms with Gasteiger partial charge in [-0.05, 0) is 24.3 Å². The van der Waals surface area contributed by atoms with Gasteiger partial charge in [-0.2, -0.15) is 0 Å². The summed E-state index contributed by atoms with van der Waals surface area (Å²) in [7, 11) is 0. The van der Waals surface area contributed by atoms with E-state index in [9.17, 15) is 28.6 Å². The van der Waals surface area contributed by atoms with Crippen molar-refractivity contribution in [2.45, 2.75) is 0 Å². The van der Waals surface area contributed by atoms with Crippen LogP contribution in [-0.2, 0) is 0 Å². The first-order valence-corrected chi connectivity index (χ1v) is 7.28. The van der Waals surface area contributed by atoms with Gasteiger partial charge in [-0.1, -0.05) is 24.3 Å². The lowest BCUT2D eigenvalue weighted by atomic mass is 10.0. The molecule has 0 saturated heterocycles. The Morgan fingerprint density at radius 3 is 1.35 bits per heavy atom. The van der Waals surface area contributed by atoms with Crippen LogP contribution in [0.25, 0.3) is 22.5 Å². The van der Waals surface area contributed by atoms with Crippen LogP contribution in [0.2, 0.25) is 0 Å². The maximum Gasteiger partial charge on any atom is 0.357 e. The van der Waals surface area contributed by atoms with Gasteiger partial charge < -0.3 is 10.2 Å². The maximum absolute atomic E-state index is 14.2. The van der Waals surface area contributed by atoms with E-state index in [-0.39, 0.29) is 22.5 Å². The average molecular weight is 356 g/mol. The summed E-state index contributed by atoms with van der Waals surface area (Å²) in [6.07, 6.45) is 0. The molecular weight excluding hydrogens is 346 g/mol. The predicted octanol–water partition coefficient (Wildman–Crippen LogP) is 3.49. The van der Waals surface area contributed by atoms with Gasteiger partial charge in [0.1, 0.15) is 23.0 Å². The highest BCUT2D eigenvalue weighted by atomic mass is 19.1. The number of carbonyl (C=O) groups is 2. The van der Waals surface area contributed by atoms with Crippen LogP contribution in [0, 0.1) is 11.6 Å². The number of aromatic carboxylic acids is 2. The quantitative estimate of drug-likeness (QED) is 0.742. The lowest BCUT2D eigenvalue weighted by Crippen LogP contribution is -2.15. The predicted molar refractivity (Wildman–Crippen MR) is 86.7 cm³/mol. The smallest absolute Gasteiger partial charge is 0.357 e. The van der Waals surface area contributed by atoms with E-state index in [0.29, 0.717) is 0 Å². The zero-order valence-electron chi connectivity index (χ0n) is 13.0. The second-order valence-electron chi connectivity index (χ2n) is 5.19. The van der Waals surface area contributed by atoms with Crippen LogP contribution in [0.15, 0.2) is 48.5 Å². The van der Waals surface area contributed by atoms with Gasteiger partial charge in [0.25, 0.3) is 0 Å². The first kappa shape index (κ1) is 17.2. The third kappa shape index (κ3) is 3.00. The Kier molecular flexibility index (Phi) is 4.40. The van der Waals surface area contributed by atoms with Crippen molar-refractivity contribution >= 4 is 11.9 Å². The fraction of sp³-hybridized carbons (Fsp3) is 0. The number of benzene rings is 2. The molecule has 0 atom stereocenters. The van der Waals surface area contributed by atoms with Crippen molar-refractivity contribution < 1.29 is 28.6 Å². The Balaban J connectivity index is 2.43. The minimum Gasteiger partial charge on any atom is -0.476 e. The van der Waals surface area contributed by atoms with Crippen LogP contribution in [0.4, 0.5) is 8.78 Å². The number of rotatable bonds is 4. The van der Waals surface area contributed by atoms with Crippen LogP contribution in [-0.4, -0.2) is 32.1 Å². The second-order valence-corrected chi connectivity index (χ2v) is 5.19. The Morgan fingerprint density at radius 1 is 0.692 bits per heavy atom. The summed E-state index contributed by atoms with van der Waals surface area (Å²) in [4.78, 5) is 30.3. The van der Waals surface area contributed by atoms with E-state index in [4.69, 9.17) is 0 Å². The van der Waals surface area contributed by atoms with Gasteiger partial charge in [-0.15, -0.1) is 0 Å². The van der Waals surface area contributed by atoms with Crippen LogP contribution < -0.4 is 0 Å². The van der Waals surface area contributed by atoms with Crippen LogP contribution in [0.3, 0.4) is 0 Å². The molecule has 8 heteroatoms. The summed E-state index contributed by atoms with van der Waals surface area (Å²) in [6, 6.07) is 10.7. The summed E-state index contributed by atoms with van der Waals surface area (Å²) in [5.74, 6) is -4.77. The Labute approximate surface area is 145 Å². The molecule has 130 valence electrons. The average Bonchev–Trinajstić information content (AvgIpc) is 2.61. The minimum atomic E-state index is -1.65. The highest BCUT2D eigenvalue weighted by Crippen LogP contribution is 2.33. The van der Waals surface area contributed by atoms with Crippen molar-refractivity contribution in [1.29, 1.82) is 0 Å². The van der Waals surface area contributed by atoms with Crippen molar-refractivity contribution in [3.8, 4) is 22.5 Å². The number of nitrogens with zero attached hydrogens (tertiary/aromatic N) is 2. The zero-order valence-corrected chi connectivity index (χ0v) is 13.0. The number of carboxylic acid groups (broad SMARTS) is 2. The molecule has 0 bridgehead atoms. The van der Waals surface area contributed by atoms with Crippen molar-refractivity contribution in [3.05, 3.63) is 71.6 Å². The van der Waals surface area contributed by atoms with E-state index in [2.05, 4.69) is 9.97 Å². The van der Waals surface area contributed by atoms with E-state index in [0.717, 1.165) is 12.1 Å². The molecule has 0 unspecified atom stereocenters. The van der Waals surface area contributed by atoms with Crippen LogP contribution >= 0.6 is 0 Å². The molecule has 3 rings (SSSR count). The van der Waals surface area contributed by atoms with Crippen molar-refractivity contribution in [3.63, 3.8) is 0 Å². The van der Waals surface area contributed by atoms with Crippen molar-refractivity contribution in [1.82, 2.24) is 9.97 Å². The van der Waals surface area contributed by atoms with E-state index in [1.54, 1.807) is 0 Å². The molecule has 0 spiro atoms. The molecule has 0 saturated carbocycles. The third-order valence-corrected chi connectivity index (χ3v) is 3.56. The fourth-order valence-corrected chi connectivity index (χ4v) is 2.42. The van der Waals surface area contributed by atoms with Crippen molar-refractivity contribution in [2.75, 3.05) is 0 Å². The molecule has 2 N–H and O–H groups in total. The Morgan fingerprint density at radius 2 is 1.04 bits per heavy atom. The van der Waals surface area contributed by atoms with Crippen molar-refractivity contribution in [2.24, 2.45) is 0 Å². The molecule has 1 aromatic heterocycles. The molecule has 0 amide bonds. The summed E-state index contributed by atoms with van der Waals surface area (Å²) in [6.45, 7) is 0. The van der Waals surface area contributed by atoms with E-state index in [1.165, 1.54) is 36.4 Å². The number of hydrogen-bond donors (Lipinski definition) is 2. The van der Waals surface area contributed by atoms with Crippen LogP contribution in [0.5, 0.6) is 0 Å². The minimum absolute atomic E-state index is 0.127. The molecule has 1 heterocycles. The van der Waals surface area contributed by atoms with E-state index < -0.39 is 35.0 Å². The number of aromatic nitrogens is 2. The molecule has 0 aliphatic heterocycles. The summed E-state index contributed by atoms with van der Waals surface area (Å²) < 4.78 is 28.5. The molecule has 6 nitrogen and oxygen atoms in total. The fourth-order valence-electron chi connectivity index (χ4n) is 2.42. The molecule has 3 aromatic rings. The highest BCUT2D eigenvalue weighted by molar-refractivity contribution is 6.00. The SMILES string of the molecule is O=C(O)c1nc(-c2ccccc2F)c(-c2ccccc2F)nc1C(=O)O. The van der Waals surface area contributed by atoms with Gasteiger partial charge in [0.05, 0.1) is 0 Å². The van der Waals surface area contributed by atoms with Crippen LogP contribution in [0.1, 0.15) is 21.0 Å². The largest absolute Gasteiger partial charge is 0.476 e. The summed E-state index contributed by atoms with van der Waals surface area (Å²) in [5.41, 5.74) is -2.52. The molecule has 26 heavy (non-hydrogen) atoms. The lowest BCUT2D eigenvalue weighted by Gasteiger charge is -2.12. The first-order chi connectivity index (χ1) is 12.4. The topological polar surface area (TPSA) is 100 Å². The lowest BCUT2D eigenvalue weighted by molar-refractivity contribution is 0.0641. The van der Waals surface area contributed by atoms with E-state index >= 15 is 0 Å². The third-order valence-electron chi connectivity index (χ3n) is 3.56. The van der Waals surface area contributed by atoms with Gasteiger partial charge in [-0.25, -0.2) is 28.3 Å². The van der Waals surface area contributed by atoms with Gasteiger partial charge >= 0.3 is 11.9 Å². The summed E-state index contributed by atoms with van der Waals surface area (Å²) in [5, 5.41) is 18.5. The summed E-state index contributed by atoms with van der Waals surface area (Å²) >= 11 is 0.